The van der Waals surface area contributed by atoms with Gasteiger partial charge in [0.25, 0.3) is 0 Å². The first-order valence-electron chi connectivity index (χ1n) is 6.88. The number of aliphatic carboxylic acids is 1. The van der Waals surface area contributed by atoms with Gasteiger partial charge in [0, 0.05) is 12.6 Å². The summed E-state index contributed by atoms with van der Waals surface area (Å²) in [4.78, 5) is 13.0. The van der Waals surface area contributed by atoms with Crippen molar-refractivity contribution in [3.8, 4) is 0 Å². The van der Waals surface area contributed by atoms with E-state index >= 15 is 0 Å². The molecule has 0 saturated carbocycles. The molecule has 0 aliphatic heterocycles. The third-order valence-corrected chi connectivity index (χ3v) is 2.93. The first-order chi connectivity index (χ1) is 9.17. The Kier molecular flexibility index (Phi) is 6.90. The molecule has 3 nitrogen and oxygen atoms in total. The van der Waals surface area contributed by atoms with Gasteiger partial charge in [0.1, 0.15) is 0 Å². The molecule has 3 heteroatoms. The summed E-state index contributed by atoms with van der Waals surface area (Å²) in [6.45, 7) is 7.38. The number of hydrogen-bond donors (Lipinski definition) is 1. The molecule has 0 bridgehead atoms. The standard InChI is InChI=1S/C16H23NO2/c1-3-11-17(12-4-2)13-15-8-6-5-7-14(15)9-10-16(18)19/h5-10H,3-4,11-13H2,1-2H3,(H,18,19)/b10-9+. The van der Waals surface area contributed by atoms with Gasteiger partial charge in [-0.3, -0.25) is 4.90 Å². The van der Waals surface area contributed by atoms with Crippen molar-refractivity contribution in [1.29, 1.82) is 0 Å². The lowest BCUT2D eigenvalue weighted by molar-refractivity contribution is -0.131. The van der Waals surface area contributed by atoms with E-state index in [1.54, 1.807) is 6.08 Å². The molecule has 0 amide bonds. The van der Waals surface area contributed by atoms with E-state index < -0.39 is 5.97 Å². The van der Waals surface area contributed by atoms with Crippen LogP contribution in [0, 0.1) is 0 Å². The molecule has 1 N–H and O–H groups in total. The molecule has 0 heterocycles. The fourth-order valence-corrected chi connectivity index (χ4v) is 2.15. The number of rotatable bonds is 8. The van der Waals surface area contributed by atoms with Crippen LogP contribution in [0.25, 0.3) is 6.08 Å². The van der Waals surface area contributed by atoms with Crippen molar-refractivity contribution in [3.63, 3.8) is 0 Å². The summed E-state index contributed by atoms with van der Waals surface area (Å²) in [5.74, 6) is -0.909. The second kappa shape index (κ2) is 8.48. The zero-order valence-corrected chi connectivity index (χ0v) is 11.8. The van der Waals surface area contributed by atoms with Gasteiger partial charge < -0.3 is 5.11 Å². The summed E-state index contributed by atoms with van der Waals surface area (Å²) in [6.07, 6.45) is 5.14. The van der Waals surface area contributed by atoms with Gasteiger partial charge >= 0.3 is 5.97 Å². The molecule has 104 valence electrons. The summed E-state index contributed by atoms with van der Waals surface area (Å²) >= 11 is 0. The van der Waals surface area contributed by atoms with E-state index in [2.05, 4.69) is 24.8 Å². The van der Waals surface area contributed by atoms with E-state index in [1.807, 2.05) is 18.2 Å². The molecule has 0 radical (unpaired) electrons. The van der Waals surface area contributed by atoms with Crippen molar-refractivity contribution < 1.29 is 9.90 Å². The average molecular weight is 261 g/mol. The van der Waals surface area contributed by atoms with Crippen molar-refractivity contribution in [1.82, 2.24) is 4.90 Å². The topological polar surface area (TPSA) is 40.5 Å². The van der Waals surface area contributed by atoms with Gasteiger partial charge in [0.15, 0.2) is 0 Å². The Hall–Kier alpha value is -1.61. The van der Waals surface area contributed by atoms with Crippen LogP contribution in [0.3, 0.4) is 0 Å². The highest BCUT2D eigenvalue weighted by atomic mass is 16.4. The zero-order valence-electron chi connectivity index (χ0n) is 11.8. The molecule has 0 spiro atoms. The molecule has 0 aromatic heterocycles. The Bertz CT molecular complexity index is 421. The van der Waals surface area contributed by atoms with Gasteiger partial charge in [-0.2, -0.15) is 0 Å². The fourth-order valence-electron chi connectivity index (χ4n) is 2.15. The van der Waals surface area contributed by atoms with Crippen LogP contribution in [0.5, 0.6) is 0 Å². The predicted molar refractivity (Wildman–Crippen MR) is 79.0 cm³/mol. The molecule has 1 aromatic rings. The van der Waals surface area contributed by atoms with Crippen LogP contribution in [0.4, 0.5) is 0 Å². The Morgan fingerprint density at radius 1 is 1.21 bits per heavy atom. The molecule has 0 fully saturated rings. The molecule has 0 unspecified atom stereocenters. The molecule has 0 atom stereocenters. The van der Waals surface area contributed by atoms with E-state index in [4.69, 9.17) is 5.11 Å². The molecule has 0 saturated heterocycles. The summed E-state index contributed by atoms with van der Waals surface area (Å²) in [7, 11) is 0. The maximum absolute atomic E-state index is 10.6. The zero-order chi connectivity index (χ0) is 14.1. The van der Waals surface area contributed by atoms with Crippen molar-refractivity contribution in [2.45, 2.75) is 33.2 Å². The quantitative estimate of drug-likeness (QED) is 0.729. The van der Waals surface area contributed by atoms with Crippen LogP contribution in [0.1, 0.15) is 37.8 Å². The molecular weight excluding hydrogens is 238 g/mol. The minimum Gasteiger partial charge on any atom is -0.478 e. The molecule has 1 rings (SSSR count). The molecule has 1 aromatic carbocycles. The van der Waals surface area contributed by atoms with E-state index in [-0.39, 0.29) is 0 Å². The maximum atomic E-state index is 10.6. The number of carbonyl (C=O) groups is 1. The Labute approximate surface area is 115 Å². The molecular formula is C16H23NO2. The summed E-state index contributed by atoms with van der Waals surface area (Å²) < 4.78 is 0. The monoisotopic (exact) mass is 261 g/mol. The minimum absolute atomic E-state index is 0.877. The Morgan fingerprint density at radius 3 is 2.42 bits per heavy atom. The van der Waals surface area contributed by atoms with Crippen LogP contribution < -0.4 is 0 Å². The van der Waals surface area contributed by atoms with Gasteiger partial charge in [0.2, 0.25) is 0 Å². The lowest BCUT2D eigenvalue weighted by Crippen LogP contribution is -2.25. The van der Waals surface area contributed by atoms with Crippen LogP contribution in [0.2, 0.25) is 0 Å². The van der Waals surface area contributed by atoms with Gasteiger partial charge in [0.05, 0.1) is 0 Å². The van der Waals surface area contributed by atoms with Gasteiger partial charge in [-0.05, 0) is 43.1 Å². The average Bonchev–Trinajstić information content (AvgIpc) is 2.38. The number of benzene rings is 1. The predicted octanol–water partition coefficient (Wildman–Crippen LogP) is 3.41. The van der Waals surface area contributed by atoms with Crippen LogP contribution in [-0.4, -0.2) is 29.1 Å². The Balaban J connectivity index is 2.83. The highest BCUT2D eigenvalue weighted by Gasteiger charge is 2.06. The Morgan fingerprint density at radius 2 is 1.84 bits per heavy atom. The smallest absolute Gasteiger partial charge is 0.328 e. The van der Waals surface area contributed by atoms with Crippen molar-refractivity contribution >= 4 is 12.0 Å². The number of nitrogens with zero attached hydrogens (tertiary/aromatic N) is 1. The summed E-state index contributed by atoms with van der Waals surface area (Å²) in [5.41, 5.74) is 2.17. The summed E-state index contributed by atoms with van der Waals surface area (Å²) in [5, 5.41) is 8.72. The lowest BCUT2D eigenvalue weighted by Gasteiger charge is -2.22. The van der Waals surface area contributed by atoms with E-state index in [9.17, 15) is 4.79 Å². The van der Waals surface area contributed by atoms with Crippen LogP contribution >= 0.6 is 0 Å². The van der Waals surface area contributed by atoms with Crippen LogP contribution in [-0.2, 0) is 11.3 Å². The largest absolute Gasteiger partial charge is 0.478 e. The van der Waals surface area contributed by atoms with E-state index in [0.29, 0.717) is 0 Å². The SMILES string of the molecule is CCCN(CCC)Cc1ccccc1/C=C/C(=O)O. The first kappa shape index (κ1) is 15.4. The molecule has 19 heavy (non-hydrogen) atoms. The first-order valence-corrected chi connectivity index (χ1v) is 6.88. The van der Waals surface area contributed by atoms with E-state index in [1.165, 1.54) is 11.6 Å². The minimum atomic E-state index is -0.909. The highest BCUT2D eigenvalue weighted by molar-refractivity contribution is 5.85. The molecule has 0 aliphatic rings. The van der Waals surface area contributed by atoms with Crippen molar-refractivity contribution in [2.75, 3.05) is 13.1 Å². The number of carboxylic acids is 1. The third-order valence-electron chi connectivity index (χ3n) is 2.93. The fraction of sp³-hybridized carbons (Fsp3) is 0.438. The van der Waals surface area contributed by atoms with Crippen molar-refractivity contribution in [2.24, 2.45) is 0 Å². The lowest BCUT2D eigenvalue weighted by atomic mass is 10.1. The number of hydrogen-bond acceptors (Lipinski definition) is 2. The number of carboxylic acid groups (broad SMARTS) is 1. The van der Waals surface area contributed by atoms with Gasteiger partial charge in [-0.15, -0.1) is 0 Å². The van der Waals surface area contributed by atoms with Gasteiger partial charge in [-0.1, -0.05) is 38.1 Å². The second-order valence-electron chi connectivity index (χ2n) is 4.65. The van der Waals surface area contributed by atoms with Crippen molar-refractivity contribution in [3.05, 3.63) is 41.5 Å². The summed E-state index contributed by atoms with van der Waals surface area (Å²) in [6, 6.07) is 7.98. The van der Waals surface area contributed by atoms with Crippen LogP contribution in [0.15, 0.2) is 30.3 Å². The maximum Gasteiger partial charge on any atom is 0.328 e. The normalized spacial score (nSPS) is 11.3. The second-order valence-corrected chi connectivity index (χ2v) is 4.65. The van der Waals surface area contributed by atoms with E-state index in [0.717, 1.165) is 38.0 Å². The highest BCUT2D eigenvalue weighted by Crippen LogP contribution is 2.14. The van der Waals surface area contributed by atoms with Gasteiger partial charge in [-0.25, -0.2) is 4.79 Å². The third kappa shape index (κ3) is 5.71. The molecule has 0 aliphatic carbocycles.